The molecule has 2 heteroatoms. The van der Waals surface area contributed by atoms with Gasteiger partial charge in [-0.25, -0.2) is 0 Å². The van der Waals surface area contributed by atoms with Crippen LogP contribution in [0.5, 0.6) is 0 Å². The fourth-order valence-corrected chi connectivity index (χ4v) is 2.77. The summed E-state index contributed by atoms with van der Waals surface area (Å²) in [6.07, 6.45) is 6.91. The smallest absolute Gasteiger partial charge is 0.0369 e. The fourth-order valence-electron chi connectivity index (χ4n) is 2.77. The SMILES string of the molecule is CNCc1ccc(N2CCCCCCC2)cc1C. The van der Waals surface area contributed by atoms with Gasteiger partial charge in [0.05, 0.1) is 0 Å². The Kier molecular flexibility index (Phi) is 5.06. The zero-order valence-corrected chi connectivity index (χ0v) is 11.8. The van der Waals surface area contributed by atoms with Gasteiger partial charge in [0.15, 0.2) is 0 Å². The molecule has 0 bridgehead atoms. The topological polar surface area (TPSA) is 15.3 Å². The third kappa shape index (κ3) is 3.49. The van der Waals surface area contributed by atoms with E-state index < -0.39 is 0 Å². The minimum Gasteiger partial charge on any atom is -0.372 e. The summed E-state index contributed by atoms with van der Waals surface area (Å²) in [5.41, 5.74) is 4.23. The van der Waals surface area contributed by atoms with Crippen LogP contribution in [0.1, 0.15) is 43.2 Å². The molecule has 1 fully saturated rings. The summed E-state index contributed by atoms with van der Waals surface area (Å²) >= 11 is 0. The number of hydrogen-bond donors (Lipinski definition) is 1. The van der Waals surface area contributed by atoms with Crippen molar-refractivity contribution < 1.29 is 0 Å². The first-order valence-corrected chi connectivity index (χ1v) is 7.30. The molecular weight excluding hydrogens is 220 g/mol. The van der Waals surface area contributed by atoms with Crippen molar-refractivity contribution in [3.8, 4) is 0 Å². The van der Waals surface area contributed by atoms with Crippen LogP contribution in [0.3, 0.4) is 0 Å². The van der Waals surface area contributed by atoms with Crippen LogP contribution in [-0.2, 0) is 6.54 Å². The van der Waals surface area contributed by atoms with Crippen LogP contribution < -0.4 is 10.2 Å². The molecule has 100 valence electrons. The van der Waals surface area contributed by atoms with E-state index in [0.29, 0.717) is 0 Å². The van der Waals surface area contributed by atoms with E-state index in [1.54, 1.807) is 0 Å². The number of anilines is 1. The van der Waals surface area contributed by atoms with Gasteiger partial charge in [0.2, 0.25) is 0 Å². The minimum atomic E-state index is 0.964. The van der Waals surface area contributed by atoms with Crippen LogP contribution in [0.25, 0.3) is 0 Å². The molecule has 1 aromatic rings. The number of benzene rings is 1. The Balaban J connectivity index is 2.08. The Hall–Kier alpha value is -1.02. The summed E-state index contributed by atoms with van der Waals surface area (Å²) in [6.45, 7) is 5.64. The summed E-state index contributed by atoms with van der Waals surface area (Å²) in [5, 5.41) is 3.23. The lowest BCUT2D eigenvalue weighted by atomic mass is 10.0. The summed E-state index contributed by atoms with van der Waals surface area (Å²) in [4.78, 5) is 2.56. The van der Waals surface area contributed by atoms with Gasteiger partial charge in [-0.3, -0.25) is 0 Å². The van der Waals surface area contributed by atoms with E-state index in [-0.39, 0.29) is 0 Å². The van der Waals surface area contributed by atoms with Gasteiger partial charge < -0.3 is 10.2 Å². The van der Waals surface area contributed by atoms with E-state index in [4.69, 9.17) is 0 Å². The Morgan fingerprint density at radius 2 is 1.72 bits per heavy atom. The highest BCUT2D eigenvalue weighted by Crippen LogP contribution is 2.22. The number of rotatable bonds is 3. The Morgan fingerprint density at radius 3 is 2.33 bits per heavy atom. The monoisotopic (exact) mass is 246 g/mol. The van der Waals surface area contributed by atoms with Crippen LogP contribution in [0.2, 0.25) is 0 Å². The lowest BCUT2D eigenvalue weighted by molar-refractivity contribution is 0.556. The highest BCUT2D eigenvalue weighted by molar-refractivity contribution is 5.50. The molecule has 0 saturated carbocycles. The summed E-state index contributed by atoms with van der Waals surface area (Å²) < 4.78 is 0. The van der Waals surface area contributed by atoms with Crippen LogP contribution in [-0.4, -0.2) is 20.1 Å². The van der Waals surface area contributed by atoms with E-state index in [0.717, 1.165) is 6.54 Å². The van der Waals surface area contributed by atoms with E-state index >= 15 is 0 Å². The standard InChI is InChI=1S/C16H26N2/c1-14-12-16(9-8-15(14)13-17-2)18-10-6-4-3-5-7-11-18/h8-9,12,17H,3-7,10-11,13H2,1-2H3. The van der Waals surface area contributed by atoms with Crippen molar-refractivity contribution in [2.45, 2.75) is 45.6 Å². The molecule has 1 N–H and O–H groups in total. The number of nitrogens with one attached hydrogen (secondary N) is 1. The minimum absolute atomic E-state index is 0.964. The van der Waals surface area contributed by atoms with Gasteiger partial charge in [0.25, 0.3) is 0 Å². The highest BCUT2D eigenvalue weighted by Gasteiger charge is 2.10. The van der Waals surface area contributed by atoms with Crippen LogP contribution in [0.15, 0.2) is 18.2 Å². The van der Waals surface area contributed by atoms with Gasteiger partial charge in [-0.2, -0.15) is 0 Å². The largest absolute Gasteiger partial charge is 0.372 e. The van der Waals surface area contributed by atoms with E-state index in [1.165, 1.54) is 62.0 Å². The number of hydrogen-bond acceptors (Lipinski definition) is 2. The van der Waals surface area contributed by atoms with Crippen LogP contribution in [0.4, 0.5) is 5.69 Å². The molecule has 0 unspecified atom stereocenters. The van der Waals surface area contributed by atoms with Crippen molar-refractivity contribution in [2.75, 3.05) is 25.0 Å². The second-order valence-electron chi connectivity index (χ2n) is 5.40. The number of aryl methyl sites for hydroxylation is 1. The Morgan fingerprint density at radius 1 is 1.06 bits per heavy atom. The fraction of sp³-hybridized carbons (Fsp3) is 0.625. The molecule has 0 aliphatic carbocycles. The van der Waals surface area contributed by atoms with Gasteiger partial charge in [-0.1, -0.05) is 25.3 Å². The van der Waals surface area contributed by atoms with E-state index in [2.05, 4.69) is 35.3 Å². The van der Waals surface area contributed by atoms with Gasteiger partial charge >= 0.3 is 0 Å². The first kappa shape index (κ1) is 13.4. The van der Waals surface area contributed by atoms with Crippen molar-refractivity contribution in [2.24, 2.45) is 0 Å². The van der Waals surface area contributed by atoms with E-state index in [1.807, 2.05) is 7.05 Å². The van der Waals surface area contributed by atoms with Crippen LogP contribution in [0, 0.1) is 6.92 Å². The predicted molar refractivity (Wildman–Crippen MR) is 79.2 cm³/mol. The molecule has 0 aromatic heterocycles. The summed E-state index contributed by atoms with van der Waals surface area (Å²) in [7, 11) is 2.01. The summed E-state index contributed by atoms with van der Waals surface area (Å²) in [5.74, 6) is 0. The highest BCUT2D eigenvalue weighted by atomic mass is 15.1. The van der Waals surface area contributed by atoms with Crippen molar-refractivity contribution in [3.63, 3.8) is 0 Å². The maximum absolute atomic E-state index is 3.23. The zero-order chi connectivity index (χ0) is 12.8. The van der Waals surface area contributed by atoms with Gasteiger partial charge in [-0.05, 0) is 50.1 Å². The Bertz CT molecular complexity index is 365. The van der Waals surface area contributed by atoms with E-state index in [9.17, 15) is 0 Å². The molecule has 1 aromatic carbocycles. The molecule has 18 heavy (non-hydrogen) atoms. The zero-order valence-electron chi connectivity index (χ0n) is 11.8. The maximum Gasteiger partial charge on any atom is 0.0369 e. The molecule has 0 radical (unpaired) electrons. The van der Waals surface area contributed by atoms with Crippen molar-refractivity contribution in [1.82, 2.24) is 5.32 Å². The molecule has 1 aliphatic rings. The second kappa shape index (κ2) is 6.79. The average Bonchev–Trinajstić information content (AvgIpc) is 2.32. The van der Waals surface area contributed by atoms with Gasteiger partial charge in [0, 0.05) is 25.3 Å². The van der Waals surface area contributed by atoms with Crippen molar-refractivity contribution in [3.05, 3.63) is 29.3 Å². The molecule has 2 rings (SSSR count). The molecule has 1 aliphatic heterocycles. The molecule has 0 spiro atoms. The lowest BCUT2D eigenvalue weighted by Crippen LogP contribution is -2.27. The quantitative estimate of drug-likeness (QED) is 0.878. The second-order valence-corrected chi connectivity index (χ2v) is 5.40. The van der Waals surface area contributed by atoms with Gasteiger partial charge in [0.1, 0.15) is 0 Å². The predicted octanol–water partition coefficient (Wildman–Crippen LogP) is 3.48. The Labute approximate surface area is 111 Å². The third-order valence-corrected chi connectivity index (χ3v) is 3.91. The molecule has 0 atom stereocenters. The third-order valence-electron chi connectivity index (χ3n) is 3.91. The van der Waals surface area contributed by atoms with Crippen molar-refractivity contribution in [1.29, 1.82) is 0 Å². The average molecular weight is 246 g/mol. The molecular formula is C16H26N2. The molecule has 1 saturated heterocycles. The first-order chi connectivity index (χ1) is 8.81. The maximum atomic E-state index is 3.23. The van der Waals surface area contributed by atoms with Gasteiger partial charge in [-0.15, -0.1) is 0 Å². The lowest BCUT2D eigenvalue weighted by Gasteiger charge is -2.27. The molecule has 1 heterocycles. The summed E-state index contributed by atoms with van der Waals surface area (Å²) in [6, 6.07) is 6.93. The first-order valence-electron chi connectivity index (χ1n) is 7.30. The number of nitrogens with zero attached hydrogens (tertiary/aromatic N) is 1. The normalized spacial score (nSPS) is 17.3. The van der Waals surface area contributed by atoms with Crippen molar-refractivity contribution >= 4 is 5.69 Å². The molecule has 2 nitrogen and oxygen atoms in total. The van der Waals surface area contributed by atoms with Crippen LogP contribution >= 0.6 is 0 Å². The molecule has 0 amide bonds.